The van der Waals surface area contributed by atoms with Crippen molar-refractivity contribution in [2.75, 3.05) is 6.54 Å². The van der Waals surface area contributed by atoms with Crippen LogP contribution >= 0.6 is 0 Å². The quantitative estimate of drug-likeness (QED) is 0.268. The molecule has 5 heteroatoms. The van der Waals surface area contributed by atoms with Crippen LogP contribution < -0.4 is 5.73 Å². The first-order valence-electron chi connectivity index (χ1n) is 13.1. The molecule has 1 amide bonds. The maximum Gasteiger partial charge on any atom is 0.330 e. The van der Waals surface area contributed by atoms with Gasteiger partial charge in [-0.25, -0.2) is 4.79 Å². The first-order chi connectivity index (χ1) is 18.6. The summed E-state index contributed by atoms with van der Waals surface area (Å²) in [6, 6.07) is 37.6. The van der Waals surface area contributed by atoms with E-state index in [1.807, 2.05) is 121 Å². The molecule has 4 aromatic carbocycles. The zero-order chi connectivity index (χ0) is 26.4. The first-order valence-corrected chi connectivity index (χ1v) is 13.1. The van der Waals surface area contributed by atoms with Crippen molar-refractivity contribution < 1.29 is 14.3 Å². The Morgan fingerprint density at radius 3 is 1.68 bits per heavy atom. The molecule has 0 bridgehead atoms. The van der Waals surface area contributed by atoms with Crippen molar-refractivity contribution in [1.82, 2.24) is 4.90 Å². The van der Waals surface area contributed by atoms with Crippen LogP contribution in [0.4, 0.5) is 0 Å². The van der Waals surface area contributed by atoms with E-state index in [1.54, 1.807) is 4.90 Å². The number of ether oxygens (including phenoxy) is 1. The largest absolute Gasteiger partial charge is 0.443 e. The fraction of sp³-hybridized carbons (Fsp3) is 0.212. The number of hydrogen-bond donors (Lipinski definition) is 1. The minimum atomic E-state index is -1.18. The number of nitrogens with two attached hydrogens (primary N) is 1. The molecule has 1 heterocycles. The minimum Gasteiger partial charge on any atom is -0.443 e. The predicted octanol–water partition coefficient (Wildman–Crippen LogP) is 5.08. The Morgan fingerprint density at radius 2 is 1.21 bits per heavy atom. The number of carbonyl (C=O) groups is 2. The van der Waals surface area contributed by atoms with Gasteiger partial charge in [-0.05, 0) is 24.8 Å². The summed E-state index contributed by atoms with van der Waals surface area (Å²) in [6.07, 6.45) is 1.68. The lowest BCUT2D eigenvalue weighted by atomic mass is 9.80. The third-order valence-corrected chi connectivity index (χ3v) is 7.22. The van der Waals surface area contributed by atoms with Gasteiger partial charge in [-0.1, -0.05) is 121 Å². The summed E-state index contributed by atoms with van der Waals surface area (Å²) >= 11 is 0. The van der Waals surface area contributed by atoms with Gasteiger partial charge in [-0.2, -0.15) is 0 Å². The van der Waals surface area contributed by atoms with E-state index in [9.17, 15) is 9.59 Å². The maximum absolute atomic E-state index is 14.0. The summed E-state index contributed by atoms with van der Waals surface area (Å²) in [5.74, 6) is -0.655. The van der Waals surface area contributed by atoms with E-state index in [-0.39, 0.29) is 5.91 Å². The van der Waals surface area contributed by atoms with Gasteiger partial charge in [0.2, 0.25) is 5.91 Å². The fourth-order valence-corrected chi connectivity index (χ4v) is 5.36. The van der Waals surface area contributed by atoms with Gasteiger partial charge in [0.25, 0.3) is 0 Å². The molecule has 1 aliphatic heterocycles. The van der Waals surface area contributed by atoms with Gasteiger partial charge in [-0.3, -0.25) is 4.79 Å². The van der Waals surface area contributed by atoms with Crippen molar-refractivity contribution in [3.63, 3.8) is 0 Å². The van der Waals surface area contributed by atoms with Crippen LogP contribution in [0.5, 0.6) is 0 Å². The Hall–Kier alpha value is -4.22. The van der Waals surface area contributed by atoms with E-state index >= 15 is 0 Å². The van der Waals surface area contributed by atoms with Crippen LogP contribution in [0.25, 0.3) is 0 Å². The average Bonchev–Trinajstić information content (AvgIpc) is 3.48. The topological polar surface area (TPSA) is 72.6 Å². The number of esters is 1. The van der Waals surface area contributed by atoms with Gasteiger partial charge in [0.15, 0.2) is 5.60 Å². The van der Waals surface area contributed by atoms with Gasteiger partial charge in [0, 0.05) is 23.2 Å². The maximum atomic E-state index is 14.0. The highest BCUT2D eigenvalue weighted by Gasteiger charge is 2.45. The zero-order valence-corrected chi connectivity index (χ0v) is 21.3. The molecule has 5 rings (SSSR count). The Balaban J connectivity index is 1.49. The molecule has 38 heavy (non-hydrogen) atoms. The van der Waals surface area contributed by atoms with Gasteiger partial charge in [0.1, 0.15) is 6.04 Å². The number of nitrogens with zero attached hydrogens (tertiary/aromatic N) is 1. The molecule has 2 N–H and O–H groups in total. The number of benzene rings is 4. The molecule has 192 valence electrons. The Morgan fingerprint density at radius 1 is 0.763 bits per heavy atom. The second-order valence-electron chi connectivity index (χ2n) is 9.69. The van der Waals surface area contributed by atoms with Crippen molar-refractivity contribution in [1.29, 1.82) is 0 Å². The lowest BCUT2D eigenvalue weighted by Gasteiger charge is -2.37. The molecule has 5 nitrogen and oxygen atoms in total. The summed E-state index contributed by atoms with van der Waals surface area (Å²) in [5.41, 5.74) is 8.67. The van der Waals surface area contributed by atoms with E-state index in [0.29, 0.717) is 19.4 Å². The van der Waals surface area contributed by atoms with Crippen LogP contribution in [-0.2, 0) is 26.3 Å². The summed E-state index contributed by atoms with van der Waals surface area (Å²) in [4.78, 5) is 29.1. The number of amides is 1. The fourth-order valence-electron chi connectivity index (χ4n) is 5.36. The molecule has 0 aromatic heterocycles. The molecule has 0 saturated carbocycles. The highest BCUT2D eigenvalue weighted by molar-refractivity contribution is 5.88. The highest BCUT2D eigenvalue weighted by atomic mass is 16.6. The van der Waals surface area contributed by atoms with E-state index in [2.05, 4.69) is 0 Å². The lowest BCUT2D eigenvalue weighted by Crippen LogP contribution is -2.51. The summed E-state index contributed by atoms with van der Waals surface area (Å²) in [7, 11) is 0. The SMILES string of the molecule is N[C@@H](Cc1ccccc1)C(=O)N1CCC[C@H]1C(=O)OC(c1ccccc1)(c1ccccc1)c1ccccc1. The monoisotopic (exact) mass is 504 g/mol. The Bertz CT molecular complexity index is 1250. The molecule has 0 radical (unpaired) electrons. The first kappa shape index (κ1) is 25.4. The molecule has 4 aromatic rings. The zero-order valence-electron chi connectivity index (χ0n) is 21.3. The highest BCUT2D eigenvalue weighted by Crippen LogP contribution is 2.41. The van der Waals surface area contributed by atoms with Crippen LogP contribution in [0.15, 0.2) is 121 Å². The van der Waals surface area contributed by atoms with E-state index < -0.39 is 23.7 Å². The van der Waals surface area contributed by atoms with Gasteiger partial charge < -0.3 is 15.4 Å². The average molecular weight is 505 g/mol. The van der Waals surface area contributed by atoms with Gasteiger partial charge in [-0.15, -0.1) is 0 Å². The second kappa shape index (κ2) is 11.4. The summed E-state index contributed by atoms with van der Waals surface area (Å²) in [6.45, 7) is 0.482. The van der Waals surface area contributed by atoms with Gasteiger partial charge >= 0.3 is 5.97 Å². The predicted molar refractivity (Wildman–Crippen MR) is 148 cm³/mol. The number of carbonyl (C=O) groups excluding carboxylic acids is 2. The van der Waals surface area contributed by atoms with E-state index in [0.717, 1.165) is 28.7 Å². The molecule has 1 aliphatic rings. The molecule has 1 fully saturated rings. The van der Waals surface area contributed by atoms with Crippen LogP contribution in [0.2, 0.25) is 0 Å². The molecular weight excluding hydrogens is 472 g/mol. The van der Waals surface area contributed by atoms with Crippen LogP contribution in [0.1, 0.15) is 35.1 Å². The number of likely N-dealkylation sites (tertiary alicyclic amines) is 1. The third-order valence-electron chi connectivity index (χ3n) is 7.22. The molecule has 0 unspecified atom stereocenters. The third kappa shape index (κ3) is 5.11. The molecule has 2 atom stereocenters. The smallest absolute Gasteiger partial charge is 0.330 e. The molecule has 0 aliphatic carbocycles. The van der Waals surface area contributed by atoms with Crippen LogP contribution in [0, 0.1) is 0 Å². The molecule has 1 saturated heterocycles. The van der Waals surface area contributed by atoms with Crippen molar-refractivity contribution in [3.8, 4) is 0 Å². The van der Waals surface area contributed by atoms with Crippen LogP contribution in [0.3, 0.4) is 0 Å². The Kier molecular flexibility index (Phi) is 7.66. The van der Waals surface area contributed by atoms with E-state index in [1.165, 1.54) is 0 Å². The van der Waals surface area contributed by atoms with Crippen molar-refractivity contribution in [3.05, 3.63) is 144 Å². The molecular formula is C33H32N2O3. The lowest BCUT2D eigenvalue weighted by molar-refractivity contribution is -0.162. The minimum absolute atomic E-state index is 0.224. The number of hydrogen-bond acceptors (Lipinski definition) is 4. The normalized spacial score (nSPS) is 16.1. The second-order valence-corrected chi connectivity index (χ2v) is 9.69. The van der Waals surface area contributed by atoms with Crippen LogP contribution in [-0.4, -0.2) is 35.4 Å². The van der Waals surface area contributed by atoms with Crippen molar-refractivity contribution in [2.24, 2.45) is 5.73 Å². The van der Waals surface area contributed by atoms with Crippen molar-refractivity contribution >= 4 is 11.9 Å². The number of rotatable bonds is 8. The summed E-state index contributed by atoms with van der Waals surface area (Å²) in [5, 5.41) is 0. The summed E-state index contributed by atoms with van der Waals surface area (Å²) < 4.78 is 6.59. The van der Waals surface area contributed by atoms with E-state index in [4.69, 9.17) is 10.5 Å². The standard InChI is InChI=1S/C33H32N2O3/c34-29(24-25-14-5-1-6-15-25)31(36)35-23-13-22-30(35)32(37)38-33(26-16-7-2-8-17-26,27-18-9-3-10-19-27)28-20-11-4-12-21-28/h1-12,14-21,29-30H,13,22-24,34H2/t29-,30-/m0/s1. The Labute approximate surface area is 223 Å². The molecule has 0 spiro atoms. The van der Waals surface area contributed by atoms with Crippen molar-refractivity contribution in [2.45, 2.75) is 36.9 Å². The van der Waals surface area contributed by atoms with Gasteiger partial charge in [0.05, 0.1) is 6.04 Å².